The van der Waals surface area contributed by atoms with Crippen LogP contribution in [0.4, 0.5) is 10.5 Å². The number of aliphatic hydroxyl groups excluding tert-OH is 4. The maximum Gasteiger partial charge on any atom is 0.407 e. The van der Waals surface area contributed by atoms with Crippen LogP contribution >= 0.6 is 55.9 Å². The Bertz CT molecular complexity index is 5220. The summed E-state index contributed by atoms with van der Waals surface area (Å²) >= 11 is 2.89. The van der Waals surface area contributed by atoms with Gasteiger partial charge in [0.25, 0.3) is 11.8 Å². The second-order valence-corrected chi connectivity index (χ2v) is 41.2. The molecule has 1 aromatic heterocycles. The van der Waals surface area contributed by atoms with E-state index in [2.05, 4.69) is 50.1 Å². The number of aromatic nitrogens is 1. The maximum absolute atomic E-state index is 14.6. The van der Waals surface area contributed by atoms with Crippen LogP contribution in [-0.2, 0) is 98.9 Å². The van der Waals surface area contributed by atoms with E-state index in [0.717, 1.165) is 33.1 Å². The molecule has 6 heterocycles. The lowest BCUT2D eigenvalue weighted by Gasteiger charge is -2.46. The smallest absolute Gasteiger partial charge is 0.407 e. The highest BCUT2D eigenvalue weighted by molar-refractivity contribution is 14.1. The summed E-state index contributed by atoms with van der Waals surface area (Å²) in [6.07, 6.45) is -6.21. The molecule has 732 valence electrons. The van der Waals surface area contributed by atoms with Crippen molar-refractivity contribution in [3.05, 3.63) is 133 Å². The molecule has 33 nitrogen and oxygen atoms in total. The van der Waals surface area contributed by atoms with Gasteiger partial charge in [0.2, 0.25) is 23.2 Å². The third-order valence-corrected chi connectivity index (χ3v) is 30.8. The lowest BCUT2D eigenvalue weighted by molar-refractivity contribution is -0.335. The van der Waals surface area contributed by atoms with E-state index in [1.807, 2.05) is 67.6 Å². The number of hydrogen-bond donors (Lipinski definition) is 10. The Balaban J connectivity index is 0.664. The van der Waals surface area contributed by atoms with Crippen LogP contribution in [0.3, 0.4) is 0 Å². The average molecular weight is 2040 g/mol. The summed E-state index contributed by atoms with van der Waals surface area (Å²) in [7, 11) is 5.66. The van der Waals surface area contributed by atoms with E-state index in [9.17, 15) is 78.3 Å². The fourth-order valence-electron chi connectivity index (χ4n) is 17.2. The van der Waals surface area contributed by atoms with E-state index in [0.29, 0.717) is 58.1 Å². The molecule has 4 aromatic rings. The van der Waals surface area contributed by atoms with Gasteiger partial charge in [0.05, 0.1) is 71.0 Å². The lowest BCUT2D eigenvalue weighted by Crippen LogP contribution is -2.64. The minimum absolute atomic E-state index is 0.0147. The highest BCUT2D eigenvalue weighted by atomic mass is 127. The van der Waals surface area contributed by atoms with E-state index in [4.69, 9.17) is 52.2 Å². The highest BCUT2D eigenvalue weighted by Gasteiger charge is 2.52. The SMILES string of the molecule is COc1c(C)c(OC2OC(C)C(O)C(OC)C2O)c(I)c(C)c1C(=O)SC1C(O)CC(ONC2C(C)OC(O[C@H]3C#C/C=C\C#C[C@]4(O)CC(=O)C(CC(C)=O)=C3/C4=C/CSSC(C)(C)CCC(=O)CCCNC(=O)OCc3ccc(NC(=O)[C@H](C)CC(=O)[C@H](Cc4c[nH]c5ccccc45)NC(=O)CCCCCN4C(=O)C=CC4=O)cc3)C(OC3CC(C)C(CC(C)=O)CO3)C2O)OC1C. The fourth-order valence-corrected chi connectivity index (χ4v) is 21.6. The van der Waals surface area contributed by atoms with Gasteiger partial charge >= 0.3 is 6.09 Å². The molecular formula is C98H123IN6O27S3. The molecule has 10 N–H and O–H groups in total. The van der Waals surface area contributed by atoms with Crippen molar-refractivity contribution in [1.82, 2.24) is 26.0 Å². The number of nitrogens with zero attached hydrogens (tertiary/aromatic N) is 1. The van der Waals surface area contributed by atoms with Crippen LogP contribution in [0.1, 0.15) is 185 Å². The van der Waals surface area contributed by atoms with Crippen molar-refractivity contribution in [2.45, 2.75) is 293 Å². The van der Waals surface area contributed by atoms with Gasteiger partial charge in [-0.2, -0.15) is 5.48 Å². The summed E-state index contributed by atoms with van der Waals surface area (Å²) in [6, 6.07) is 12.2. The van der Waals surface area contributed by atoms with E-state index < -0.39 is 149 Å². The van der Waals surface area contributed by atoms with Crippen LogP contribution in [-0.4, -0.2) is 253 Å². The van der Waals surface area contributed by atoms with Gasteiger partial charge < -0.3 is 98.6 Å². The monoisotopic (exact) mass is 2040 g/mol. The number of para-hydroxylation sites is 1. The molecular weight excluding hydrogens is 1920 g/mol. The molecule has 17 unspecified atom stereocenters. The summed E-state index contributed by atoms with van der Waals surface area (Å²) in [5.74, 6) is 8.57. The van der Waals surface area contributed by atoms with E-state index in [-0.39, 0.29) is 176 Å². The number of nitrogens with one attached hydrogen (secondary N) is 5. The number of hydrogen-bond acceptors (Lipinski definition) is 31. The molecule has 5 aliphatic heterocycles. The summed E-state index contributed by atoms with van der Waals surface area (Å²) in [5, 5.41) is 67.2. The minimum Gasteiger partial charge on any atom is -0.496 e. The summed E-state index contributed by atoms with van der Waals surface area (Å²) in [4.78, 5) is 156. The van der Waals surface area contributed by atoms with Crippen LogP contribution in [0.5, 0.6) is 11.5 Å². The molecule has 0 saturated carbocycles. The zero-order valence-electron chi connectivity index (χ0n) is 78.0. The zero-order valence-corrected chi connectivity index (χ0v) is 82.6. The Hall–Kier alpha value is -8.53. The van der Waals surface area contributed by atoms with E-state index >= 15 is 0 Å². The first-order chi connectivity index (χ1) is 64.2. The van der Waals surface area contributed by atoms with Crippen molar-refractivity contribution in [2.75, 3.05) is 45.0 Å². The largest absolute Gasteiger partial charge is 0.496 e. The second kappa shape index (κ2) is 49.3. The second-order valence-electron chi connectivity index (χ2n) is 35.9. The number of aliphatic hydroxyl groups is 5. The Kier molecular flexibility index (Phi) is 39.1. The zero-order chi connectivity index (χ0) is 97.9. The quantitative estimate of drug-likeness (QED) is 0.00491. The van der Waals surface area contributed by atoms with Gasteiger partial charge in [0.15, 0.2) is 36.0 Å². The first kappa shape index (κ1) is 107. The number of halogens is 1. The van der Waals surface area contributed by atoms with Crippen molar-refractivity contribution >= 4 is 136 Å². The average Bonchev–Trinajstić information content (AvgIpc) is 1.27. The van der Waals surface area contributed by atoms with Crippen LogP contribution in [0.25, 0.3) is 10.9 Å². The molecule has 0 radical (unpaired) electrons. The molecule has 135 heavy (non-hydrogen) atoms. The van der Waals surface area contributed by atoms with E-state index in [1.54, 1.807) is 78.1 Å². The molecule has 4 fully saturated rings. The Morgan fingerprint density at radius 3 is 2.23 bits per heavy atom. The van der Waals surface area contributed by atoms with Crippen molar-refractivity contribution in [3.63, 3.8) is 0 Å². The number of ketones is 5. The minimum atomic E-state index is -2.14. The molecule has 3 aromatic carbocycles. The molecule has 11 rings (SSSR count). The first-order valence-electron chi connectivity index (χ1n) is 45.5. The molecule has 37 heteroatoms. The topological polar surface area (TPSA) is 458 Å². The van der Waals surface area contributed by atoms with Crippen molar-refractivity contribution in [1.29, 1.82) is 0 Å². The van der Waals surface area contributed by atoms with Gasteiger partial charge in [-0.3, -0.25) is 52.9 Å². The van der Waals surface area contributed by atoms with E-state index in [1.165, 1.54) is 74.0 Å². The van der Waals surface area contributed by atoms with Crippen LogP contribution in [0.15, 0.2) is 102 Å². The number of methoxy groups -OCH3 is 2. The van der Waals surface area contributed by atoms with Crippen LogP contribution in [0.2, 0.25) is 0 Å². The number of hydroxylamine groups is 1. The highest BCUT2D eigenvalue weighted by Crippen LogP contribution is 2.47. The number of benzene rings is 3. The molecule has 4 saturated heterocycles. The number of alkyl carbamates (subject to hydrolysis) is 1. The molecule has 7 aliphatic rings. The van der Waals surface area contributed by atoms with Crippen LogP contribution < -0.4 is 30.9 Å². The predicted molar refractivity (Wildman–Crippen MR) is 512 cm³/mol. The Labute approximate surface area is 811 Å². The summed E-state index contributed by atoms with van der Waals surface area (Å²) in [5.41, 5.74) is 4.87. The number of imide groups is 1. The van der Waals surface area contributed by atoms with Gasteiger partial charge in [-0.05, 0) is 169 Å². The number of rotatable bonds is 44. The molecule has 21 atom stereocenters. The van der Waals surface area contributed by atoms with Crippen LogP contribution in [0, 0.1) is 58.9 Å². The standard InChI is InChI=1S/C98H123IN6O27S3/c1-52-43-78(124-51-63(52)44-54(3)106)130-90-85(116)83(104-132-79-47-72(110)91(60(9)126-79)134-93(119)80-56(5)82(99)88(57(6)87(80)122-12)131-94-86(117)89(123-13)84(115)59(8)128-94)58(7)127-95(90)129-74-27-17-14-15-21-37-98(121)48-73(111)67(45-55(4)107)81(74)68(98)36-41-133-135-97(10,11)38-35-65(108)24-23-39-100-96(120)125-50-61-29-31-64(32-30-61)102-92(118)53(2)42-71(109)70(46-62-49-101-69-26-20-19-25-66(62)69)103-75(112)28-18-16-22-40-105-76(113)33-34-77(105)114/h14-15,19-20,25-26,29-34,36,49,52-53,58-60,63,70,72,74,78-79,83-86,89-91,94-95,101,104,110,115-117,121H,16,18,22-24,28,35,38-48,50-51H2,1-13H3,(H,100,120)(H,102,118)(H,103,112)/b15-14-,68-36-/t52?,53-,58?,59?,60?,63?,70+,72?,74+,78?,79?,83?,84?,85?,86?,89?,90?,91?,94?,95?,98+/m1/s1. The number of thioether (sulfide) groups is 1. The molecule has 0 spiro atoms. The lowest BCUT2D eigenvalue weighted by atomic mass is 9.72. The number of fused-ring (bicyclic) bond motifs is 3. The van der Waals surface area contributed by atoms with Crippen molar-refractivity contribution in [2.24, 2.45) is 17.8 Å². The number of Topliss-reactive ketones (excluding diaryl/α,β-unsaturated/α-hetero) is 5. The number of carbonyl (C=O) groups is 11. The van der Waals surface area contributed by atoms with Gasteiger partial charge in [0, 0.05) is 152 Å². The third-order valence-electron chi connectivity index (χ3n) is 24.9. The number of anilines is 1. The molecule has 2 bridgehead atoms. The molecule has 2 aliphatic carbocycles. The number of aromatic amines is 1. The normalized spacial score (nSPS) is 27.8. The summed E-state index contributed by atoms with van der Waals surface area (Å²) in [6.45, 7) is 19.2. The molecule has 5 amide bonds. The Morgan fingerprint density at radius 2 is 1.53 bits per heavy atom. The number of amides is 5. The first-order valence-corrected chi connectivity index (χ1v) is 49.7. The number of allylic oxidation sites excluding steroid dienone is 3. The van der Waals surface area contributed by atoms with Crippen molar-refractivity contribution < 1.29 is 130 Å². The number of unbranched alkanes of at least 4 members (excludes halogenated alkanes) is 2. The van der Waals surface area contributed by atoms with Gasteiger partial charge in [-0.1, -0.05) is 114 Å². The fraction of sp³-hybridized carbons (Fsp3) is 0.561. The third kappa shape index (κ3) is 28.4. The number of carbonyl (C=O) groups excluding carboxylic acids is 11. The number of H-pyrrole nitrogens is 1. The van der Waals surface area contributed by atoms with Gasteiger partial charge in [-0.15, -0.1) is 0 Å². The van der Waals surface area contributed by atoms with Crippen molar-refractivity contribution in [3.8, 4) is 35.2 Å². The predicted octanol–water partition coefficient (Wildman–Crippen LogP) is 10.2. The van der Waals surface area contributed by atoms with Gasteiger partial charge in [-0.25, -0.2) is 4.79 Å². The number of ether oxygens (including phenoxy) is 10. The summed E-state index contributed by atoms with van der Waals surface area (Å²) < 4.78 is 61.8. The maximum atomic E-state index is 14.6. The van der Waals surface area contributed by atoms with Gasteiger partial charge in [0.1, 0.15) is 72.1 Å². The Morgan fingerprint density at radius 1 is 0.800 bits per heavy atom.